The fourth-order valence-electron chi connectivity index (χ4n) is 4.47. The third kappa shape index (κ3) is 5.87. The van der Waals surface area contributed by atoms with E-state index in [2.05, 4.69) is 61.8 Å². The highest BCUT2D eigenvalue weighted by molar-refractivity contribution is 7.99. The number of hydrogen-bond donors (Lipinski definition) is 0. The summed E-state index contributed by atoms with van der Waals surface area (Å²) in [4.78, 5) is 13.5. The number of hydrogen-bond acceptors (Lipinski definition) is 6. The van der Waals surface area contributed by atoms with Crippen LogP contribution in [-0.2, 0) is 16.8 Å². The van der Waals surface area contributed by atoms with Crippen molar-refractivity contribution in [1.29, 1.82) is 0 Å². The van der Waals surface area contributed by atoms with Crippen molar-refractivity contribution in [3.05, 3.63) is 101 Å². The van der Waals surface area contributed by atoms with Crippen LogP contribution in [0.5, 0.6) is 0 Å². The number of benzene rings is 2. The van der Waals surface area contributed by atoms with Crippen molar-refractivity contribution >= 4 is 35.0 Å². The van der Waals surface area contributed by atoms with Crippen LogP contribution in [0.4, 0.5) is 0 Å². The molecule has 4 aromatic rings. The minimum absolute atomic E-state index is 0.0632. The fourth-order valence-corrected chi connectivity index (χ4v) is 5.40. The Morgan fingerprint density at radius 2 is 1.82 bits per heavy atom. The second-order valence-electron chi connectivity index (χ2n) is 10.3. The molecular weight excluding hydrogens is 530 g/mol. The Bertz CT molecular complexity index is 1490. The van der Waals surface area contributed by atoms with Crippen LogP contribution in [-0.4, -0.2) is 37.1 Å². The molecule has 0 N–H and O–H groups in total. The molecule has 9 heteroatoms. The molecule has 2 aromatic heterocycles. The Kier molecular flexibility index (Phi) is 7.77. The molecule has 0 radical (unpaired) electrons. The number of thioether (sulfide) groups is 1. The molecule has 3 heterocycles. The lowest BCUT2D eigenvalue weighted by Gasteiger charge is -2.19. The highest BCUT2D eigenvalue weighted by Crippen LogP contribution is 2.34. The average molecular weight is 560 g/mol. The first-order chi connectivity index (χ1) is 18.7. The van der Waals surface area contributed by atoms with E-state index >= 15 is 0 Å². The topological polar surface area (TPSA) is 76.5 Å². The number of halogens is 1. The molecule has 1 aliphatic rings. The summed E-state index contributed by atoms with van der Waals surface area (Å²) < 4.78 is 7.64. The molecule has 1 aliphatic heterocycles. The van der Waals surface area contributed by atoms with Crippen molar-refractivity contribution in [2.24, 2.45) is 5.10 Å². The maximum absolute atomic E-state index is 13.5. The maximum atomic E-state index is 13.5. The van der Waals surface area contributed by atoms with Crippen LogP contribution in [0.2, 0.25) is 5.02 Å². The molecule has 0 saturated carbocycles. The predicted molar refractivity (Wildman–Crippen MR) is 156 cm³/mol. The van der Waals surface area contributed by atoms with Crippen molar-refractivity contribution in [2.45, 2.75) is 50.4 Å². The Morgan fingerprint density at radius 1 is 1.10 bits per heavy atom. The van der Waals surface area contributed by atoms with E-state index < -0.39 is 0 Å². The van der Waals surface area contributed by atoms with Crippen molar-refractivity contribution in [3.8, 4) is 11.4 Å². The summed E-state index contributed by atoms with van der Waals surface area (Å²) in [6.45, 7) is 11.0. The molecule has 1 unspecified atom stereocenters. The highest BCUT2D eigenvalue weighted by atomic mass is 35.5. The van der Waals surface area contributed by atoms with Gasteiger partial charge in [0, 0.05) is 23.6 Å². The smallest absolute Gasteiger partial charge is 0.253 e. The summed E-state index contributed by atoms with van der Waals surface area (Å²) in [6, 6.07) is 19.2. The van der Waals surface area contributed by atoms with Gasteiger partial charge in [-0.3, -0.25) is 9.36 Å². The van der Waals surface area contributed by atoms with E-state index in [-0.39, 0.29) is 23.1 Å². The zero-order chi connectivity index (χ0) is 27.6. The van der Waals surface area contributed by atoms with Crippen LogP contribution in [0.25, 0.3) is 11.4 Å². The number of aromatic nitrogens is 3. The minimum Gasteiger partial charge on any atom is -0.467 e. The molecule has 1 amide bonds. The molecule has 1 atom stereocenters. The van der Waals surface area contributed by atoms with E-state index in [1.165, 1.54) is 22.3 Å². The number of furan rings is 1. The molecule has 2 aromatic carbocycles. The van der Waals surface area contributed by atoms with Gasteiger partial charge >= 0.3 is 0 Å². The van der Waals surface area contributed by atoms with Gasteiger partial charge in [0.2, 0.25) is 0 Å². The van der Waals surface area contributed by atoms with Gasteiger partial charge in [0.25, 0.3) is 5.91 Å². The number of carbonyl (C=O) groups excluding carboxylic acids is 1. The van der Waals surface area contributed by atoms with Gasteiger partial charge in [0.1, 0.15) is 11.8 Å². The molecule has 5 rings (SSSR count). The van der Waals surface area contributed by atoms with E-state index in [4.69, 9.17) is 21.1 Å². The number of amides is 1. The number of carbonyl (C=O) groups is 1. The van der Waals surface area contributed by atoms with Gasteiger partial charge in [-0.2, -0.15) is 5.10 Å². The number of hydrazone groups is 1. The summed E-state index contributed by atoms with van der Waals surface area (Å²) in [5.74, 6) is 1.43. The van der Waals surface area contributed by atoms with Crippen molar-refractivity contribution in [2.75, 3.05) is 5.75 Å². The maximum Gasteiger partial charge on any atom is 0.253 e. The summed E-state index contributed by atoms with van der Waals surface area (Å²) in [7, 11) is 0. The second kappa shape index (κ2) is 11.2. The monoisotopic (exact) mass is 559 g/mol. The first-order valence-electron chi connectivity index (χ1n) is 12.7. The van der Waals surface area contributed by atoms with Crippen molar-refractivity contribution in [3.63, 3.8) is 0 Å². The lowest BCUT2D eigenvalue weighted by atomic mass is 9.87. The van der Waals surface area contributed by atoms with Gasteiger partial charge < -0.3 is 4.42 Å². The van der Waals surface area contributed by atoms with Crippen LogP contribution in [0.3, 0.4) is 0 Å². The molecule has 200 valence electrons. The molecule has 0 bridgehead atoms. The Balaban J connectivity index is 1.36. The number of rotatable bonds is 8. The zero-order valence-corrected chi connectivity index (χ0v) is 23.7. The van der Waals surface area contributed by atoms with Crippen molar-refractivity contribution < 1.29 is 9.21 Å². The van der Waals surface area contributed by atoms with Crippen LogP contribution in [0.1, 0.15) is 50.1 Å². The van der Waals surface area contributed by atoms with Crippen LogP contribution >= 0.6 is 23.4 Å². The van der Waals surface area contributed by atoms with E-state index in [9.17, 15) is 4.79 Å². The lowest BCUT2D eigenvalue weighted by Crippen LogP contribution is -2.28. The van der Waals surface area contributed by atoms with Gasteiger partial charge in [-0.05, 0) is 40.8 Å². The minimum atomic E-state index is -0.318. The zero-order valence-electron chi connectivity index (χ0n) is 22.2. The normalized spacial score (nSPS) is 15.4. The van der Waals surface area contributed by atoms with Gasteiger partial charge in [-0.15, -0.1) is 16.8 Å². The van der Waals surface area contributed by atoms with Gasteiger partial charge in [0.05, 0.1) is 17.7 Å². The molecular formula is C30H30ClN5O2S. The lowest BCUT2D eigenvalue weighted by molar-refractivity contribution is -0.130. The molecule has 0 saturated heterocycles. The summed E-state index contributed by atoms with van der Waals surface area (Å²) >= 11 is 7.40. The van der Waals surface area contributed by atoms with Crippen LogP contribution in [0, 0.1) is 0 Å². The van der Waals surface area contributed by atoms with E-state index in [0.717, 1.165) is 22.7 Å². The number of allylic oxidation sites excluding steroid dienone is 1. The molecule has 39 heavy (non-hydrogen) atoms. The van der Waals surface area contributed by atoms with E-state index in [0.29, 0.717) is 28.9 Å². The Hall–Kier alpha value is -3.62. The summed E-state index contributed by atoms with van der Waals surface area (Å²) in [6.07, 6.45) is 3.96. The summed E-state index contributed by atoms with van der Waals surface area (Å²) in [5.41, 5.74) is 4.00. The third-order valence-electron chi connectivity index (χ3n) is 6.58. The summed E-state index contributed by atoms with van der Waals surface area (Å²) in [5, 5.41) is 16.4. The SMILES string of the molecule is C=CCn1c(SCC(=O)N2N=C(c3ccc(Cl)cc3)CC2c2ccco2)nnc1-c1ccc(C(C)(C)C)cc1. The van der Waals surface area contributed by atoms with Crippen LogP contribution in [0.15, 0.2) is 94.3 Å². The highest BCUT2D eigenvalue weighted by Gasteiger charge is 2.35. The number of nitrogens with zero attached hydrogens (tertiary/aromatic N) is 5. The largest absolute Gasteiger partial charge is 0.467 e. The molecule has 0 fully saturated rings. The standard InChI is InChI=1S/C30H30ClN5O2S/c1-5-16-35-28(21-8-12-22(13-9-21)30(2,3)4)32-33-29(35)39-19-27(37)36-25(26-7-6-17-38-26)18-24(34-36)20-10-14-23(31)15-11-20/h5-15,17,25H,1,16,18-19H2,2-4H3. The quantitative estimate of drug-likeness (QED) is 0.169. The molecule has 0 aliphatic carbocycles. The predicted octanol–water partition coefficient (Wildman–Crippen LogP) is 7.15. The van der Waals surface area contributed by atoms with Crippen molar-refractivity contribution in [1.82, 2.24) is 19.8 Å². The molecule has 7 nitrogen and oxygen atoms in total. The second-order valence-corrected chi connectivity index (χ2v) is 11.7. The van der Waals surface area contributed by atoms with Gasteiger partial charge in [-0.1, -0.05) is 86.6 Å². The Morgan fingerprint density at radius 3 is 2.46 bits per heavy atom. The first-order valence-corrected chi connectivity index (χ1v) is 14.1. The van der Waals surface area contributed by atoms with Gasteiger partial charge in [-0.25, -0.2) is 5.01 Å². The molecule has 0 spiro atoms. The van der Waals surface area contributed by atoms with E-state index in [1.807, 2.05) is 41.0 Å². The van der Waals surface area contributed by atoms with Gasteiger partial charge in [0.15, 0.2) is 11.0 Å². The van der Waals surface area contributed by atoms with Crippen LogP contribution < -0.4 is 0 Å². The first kappa shape index (κ1) is 27.0. The third-order valence-corrected chi connectivity index (χ3v) is 7.78. The average Bonchev–Trinajstić information content (AvgIpc) is 3.68. The Labute approximate surface area is 237 Å². The van der Waals surface area contributed by atoms with E-state index in [1.54, 1.807) is 12.3 Å². The fraction of sp³-hybridized carbons (Fsp3) is 0.267.